The summed E-state index contributed by atoms with van der Waals surface area (Å²) in [6.45, 7) is 2.39. The van der Waals surface area contributed by atoms with Gasteiger partial charge in [-0.25, -0.2) is 4.68 Å². The van der Waals surface area contributed by atoms with Crippen molar-refractivity contribution in [1.29, 1.82) is 0 Å². The Morgan fingerprint density at radius 3 is 2.58 bits per heavy atom. The number of ketones is 1. The molecule has 1 saturated carbocycles. The van der Waals surface area contributed by atoms with Crippen LogP contribution in [0.4, 0.5) is 0 Å². The van der Waals surface area contributed by atoms with E-state index in [0.29, 0.717) is 5.92 Å². The van der Waals surface area contributed by atoms with Crippen molar-refractivity contribution >= 4 is 11.6 Å². The van der Waals surface area contributed by atoms with Crippen LogP contribution in [0.1, 0.15) is 44.9 Å². The minimum absolute atomic E-state index is 0.143. The molecule has 24 heavy (non-hydrogen) atoms. The number of hydrogen-bond acceptors (Lipinski definition) is 4. The lowest BCUT2D eigenvalue weighted by atomic mass is 9.88. The fourth-order valence-corrected chi connectivity index (χ4v) is 4.38. The highest BCUT2D eigenvalue weighted by atomic mass is 16.1. The minimum Gasteiger partial charge on any atom is -0.300 e. The quantitative estimate of drug-likeness (QED) is 0.858. The summed E-state index contributed by atoms with van der Waals surface area (Å²) in [5, 5.41) is 4.22. The number of likely N-dealkylation sites (tertiary alicyclic amines) is 1. The van der Waals surface area contributed by atoms with E-state index in [1.807, 2.05) is 12.3 Å². The number of nitrogens with zero attached hydrogens (tertiary/aromatic N) is 4. The van der Waals surface area contributed by atoms with E-state index in [-0.39, 0.29) is 11.8 Å². The first-order valence-electron chi connectivity index (χ1n) is 9.33. The number of rotatable bonds is 3. The second kappa shape index (κ2) is 7.01. The molecule has 2 fully saturated rings. The van der Waals surface area contributed by atoms with Gasteiger partial charge in [-0.15, -0.1) is 0 Å². The normalized spacial score (nSPS) is 26.9. The molecular formula is C19H26N4O. The van der Waals surface area contributed by atoms with Crippen molar-refractivity contribution in [3.05, 3.63) is 30.6 Å². The van der Waals surface area contributed by atoms with Gasteiger partial charge in [-0.3, -0.25) is 9.79 Å². The van der Waals surface area contributed by atoms with Gasteiger partial charge >= 0.3 is 0 Å². The maximum Gasteiger partial charge on any atom is 0.180 e. The molecule has 5 nitrogen and oxygen atoms in total. The summed E-state index contributed by atoms with van der Waals surface area (Å²) >= 11 is 0. The third-order valence-electron chi connectivity index (χ3n) is 5.80. The molecule has 0 amide bonds. The molecule has 1 unspecified atom stereocenters. The Labute approximate surface area is 143 Å². The van der Waals surface area contributed by atoms with Crippen LogP contribution in [0.3, 0.4) is 0 Å². The third kappa shape index (κ3) is 3.36. The number of carbonyl (C=O) groups excluding carboxylic acids is 1. The summed E-state index contributed by atoms with van der Waals surface area (Å²) in [6.07, 6.45) is 15.9. The standard InChI is InChI=1S/C19H26N4O/c24-18-6-7-19(23-11-3-10-20-23)21-17(18)14-15-8-12-22(13-9-15)16-4-1-2-5-16/h3,6-7,10-11,15-17H,1-2,4-5,8-9,12-14H2. The van der Waals surface area contributed by atoms with Crippen LogP contribution in [-0.2, 0) is 4.79 Å². The highest BCUT2D eigenvalue weighted by Crippen LogP contribution is 2.30. The lowest BCUT2D eigenvalue weighted by molar-refractivity contribution is -0.116. The van der Waals surface area contributed by atoms with Crippen LogP contribution >= 0.6 is 0 Å². The summed E-state index contributed by atoms with van der Waals surface area (Å²) < 4.78 is 1.73. The summed E-state index contributed by atoms with van der Waals surface area (Å²) in [5.74, 6) is 1.53. The zero-order chi connectivity index (χ0) is 16.4. The van der Waals surface area contributed by atoms with Gasteiger partial charge in [0.2, 0.25) is 0 Å². The second-order valence-electron chi connectivity index (χ2n) is 7.34. The topological polar surface area (TPSA) is 50.5 Å². The molecule has 0 N–H and O–H groups in total. The third-order valence-corrected chi connectivity index (χ3v) is 5.80. The van der Waals surface area contributed by atoms with Crippen molar-refractivity contribution < 1.29 is 4.79 Å². The molecule has 1 aromatic rings. The number of piperidine rings is 1. The van der Waals surface area contributed by atoms with Crippen molar-refractivity contribution in [2.24, 2.45) is 10.9 Å². The first-order valence-corrected chi connectivity index (χ1v) is 9.33. The molecule has 0 aromatic carbocycles. The lowest BCUT2D eigenvalue weighted by Gasteiger charge is -2.36. The van der Waals surface area contributed by atoms with Gasteiger partial charge in [0.25, 0.3) is 0 Å². The van der Waals surface area contributed by atoms with E-state index in [0.717, 1.165) is 18.3 Å². The van der Waals surface area contributed by atoms with Gasteiger partial charge in [0, 0.05) is 18.4 Å². The molecule has 0 bridgehead atoms. The SMILES string of the molecule is O=C1C=CC(n2cccn2)=NC1CC1CCN(C2CCCC2)CC1. The summed E-state index contributed by atoms with van der Waals surface area (Å²) in [5.41, 5.74) is 0. The highest BCUT2D eigenvalue weighted by Gasteiger charge is 2.30. The molecule has 0 spiro atoms. The van der Waals surface area contributed by atoms with E-state index in [1.165, 1.54) is 51.6 Å². The van der Waals surface area contributed by atoms with Gasteiger partial charge in [-0.2, -0.15) is 5.10 Å². The molecule has 5 heteroatoms. The number of aromatic nitrogens is 2. The van der Waals surface area contributed by atoms with Gasteiger partial charge in [0.15, 0.2) is 5.78 Å². The maximum absolute atomic E-state index is 12.2. The van der Waals surface area contributed by atoms with Crippen LogP contribution in [0.5, 0.6) is 0 Å². The molecular weight excluding hydrogens is 300 g/mol. The molecule has 1 aromatic heterocycles. The molecule has 1 atom stereocenters. The summed E-state index contributed by atoms with van der Waals surface area (Å²) in [4.78, 5) is 19.6. The average Bonchev–Trinajstić information content (AvgIpc) is 3.31. The Bertz CT molecular complexity index is 620. The fourth-order valence-electron chi connectivity index (χ4n) is 4.38. The summed E-state index contributed by atoms with van der Waals surface area (Å²) in [6, 6.07) is 2.48. The van der Waals surface area contributed by atoms with Crippen molar-refractivity contribution in [3.8, 4) is 0 Å². The highest BCUT2D eigenvalue weighted by molar-refractivity contribution is 6.07. The van der Waals surface area contributed by atoms with E-state index < -0.39 is 0 Å². The Kier molecular flexibility index (Phi) is 4.60. The average molecular weight is 326 g/mol. The van der Waals surface area contributed by atoms with Crippen LogP contribution in [0.25, 0.3) is 0 Å². The number of dihydropyridines is 1. The Balaban J connectivity index is 1.35. The molecule has 0 radical (unpaired) electrons. The van der Waals surface area contributed by atoms with Gasteiger partial charge in [0.05, 0.1) is 0 Å². The number of allylic oxidation sites excluding steroid dienone is 1. The first kappa shape index (κ1) is 15.8. The smallest absolute Gasteiger partial charge is 0.180 e. The molecule has 4 rings (SSSR count). The van der Waals surface area contributed by atoms with E-state index in [1.54, 1.807) is 23.0 Å². The van der Waals surface area contributed by atoms with Crippen LogP contribution in [0.15, 0.2) is 35.6 Å². The summed E-state index contributed by atoms with van der Waals surface area (Å²) in [7, 11) is 0. The van der Waals surface area contributed by atoms with Crippen molar-refractivity contribution in [2.45, 2.75) is 57.0 Å². The van der Waals surface area contributed by atoms with Gasteiger partial charge in [-0.1, -0.05) is 12.8 Å². The number of carbonyl (C=O) groups is 1. The van der Waals surface area contributed by atoms with Crippen molar-refractivity contribution in [2.75, 3.05) is 13.1 Å². The van der Waals surface area contributed by atoms with Gasteiger partial charge in [0.1, 0.15) is 11.9 Å². The van der Waals surface area contributed by atoms with E-state index >= 15 is 0 Å². The Morgan fingerprint density at radius 1 is 1.08 bits per heavy atom. The molecule has 1 saturated heterocycles. The van der Waals surface area contributed by atoms with E-state index in [4.69, 9.17) is 0 Å². The largest absolute Gasteiger partial charge is 0.300 e. The molecule has 2 aliphatic heterocycles. The molecule has 1 aliphatic carbocycles. The van der Waals surface area contributed by atoms with Gasteiger partial charge < -0.3 is 4.90 Å². The molecule has 128 valence electrons. The maximum atomic E-state index is 12.2. The Morgan fingerprint density at radius 2 is 1.88 bits per heavy atom. The van der Waals surface area contributed by atoms with E-state index in [9.17, 15) is 4.79 Å². The predicted octanol–water partition coefficient (Wildman–Crippen LogP) is 2.68. The molecule has 3 aliphatic rings. The number of aliphatic imine (C=N–C) groups is 1. The van der Waals surface area contributed by atoms with Crippen LogP contribution in [-0.4, -0.2) is 51.5 Å². The predicted molar refractivity (Wildman–Crippen MR) is 94.2 cm³/mol. The van der Waals surface area contributed by atoms with E-state index in [2.05, 4.69) is 15.0 Å². The van der Waals surface area contributed by atoms with Gasteiger partial charge in [-0.05, 0) is 69.3 Å². The van der Waals surface area contributed by atoms with Crippen LogP contribution < -0.4 is 0 Å². The zero-order valence-electron chi connectivity index (χ0n) is 14.2. The number of hydrogen-bond donors (Lipinski definition) is 0. The van der Waals surface area contributed by atoms with Crippen LogP contribution in [0, 0.1) is 5.92 Å². The van der Waals surface area contributed by atoms with Crippen molar-refractivity contribution in [3.63, 3.8) is 0 Å². The fraction of sp³-hybridized carbons (Fsp3) is 0.632. The monoisotopic (exact) mass is 326 g/mol. The van der Waals surface area contributed by atoms with Crippen LogP contribution in [0.2, 0.25) is 0 Å². The lowest BCUT2D eigenvalue weighted by Crippen LogP contribution is -2.41. The molecule has 3 heterocycles. The minimum atomic E-state index is -0.225. The Hall–Kier alpha value is -1.75. The van der Waals surface area contributed by atoms with Crippen molar-refractivity contribution in [1.82, 2.24) is 14.7 Å². The second-order valence-corrected chi connectivity index (χ2v) is 7.34. The first-order chi connectivity index (χ1) is 11.8. The zero-order valence-corrected chi connectivity index (χ0v) is 14.2.